The number of fused-ring (bicyclic) bond motifs is 1. The van der Waals surface area contributed by atoms with Gasteiger partial charge < -0.3 is 26.2 Å². The number of benzene rings is 2. The van der Waals surface area contributed by atoms with Gasteiger partial charge in [0.25, 0.3) is 11.8 Å². The standard InChI is InChI=1S/C35H44N6O4/c1-24(2)8-7-9-25(3)17-20-41-32-16-15-29(37-33(43)27-11-13-28(36)14-12-27)22-31(32)35(45,34(41)44)26(4)10-5-6-19-40-23-30(18-21-42)38-39-40/h5,8,10-17,22-23,26,42,45H,6-7,9,18-21,36H2,1-4H3,(H,37,43)/b10-5+,25-17+/t26-,35+/m1/s1. The molecule has 2 atom stereocenters. The summed E-state index contributed by atoms with van der Waals surface area (Å²) in [6, 6.07) is 11.8. The summed E-state index contributed by atoms with van der Waals surface area (Å²) in [5, 5.41) is 32.3. The summed E-state index contributed by atoms with van der Waals surface area (Å²) in [6.45, 7) is 8.92. The van der Waals surface area contributed by atoms with Crippen molar-refractivity contribution in [3.8, 4) is 0 Å². The zero-order valence-electron chi connectivity index (χ0n) is 26.5. The lowest BCUT2D eigenvalue weighted by Gasteiger charge is -2.27. The van der Waals surface area contributed by atoms with Gasteiger partial charge in [0.2, 0.25) is 0 Å². The molecule has 1 aliphatic rings. The van der Waals surface area contributed by atoms with Crippen LogP contribution in [0.1, 0.15) is 68.6 Å². The van der Waals surface area contributed by atoms with Gasteiger partial charge in [-0.25, -0.2) is 0 Å². The molecule has 10 heteroatoms. The number of carbonyl (C=O) groups excluding carboxylic acids is 2. The molecule has 0 spiro atoms. The van der Waals surface area contributed by atoms with Crippen molar-refractivity contribution in [3.63, 3.8) is 0 Å². The number of hydrogen-bond donors (Lipinski definition) is 4. The van der Waals surface area contributed by atoms with Crippen LogP contribution in [0.25, 0.3) is 0 Å². The van der Waals surface area contributed by atoms with Gasteiger partial charge >= 0.3 is 0 Å². The highest BCUT2D eigenvalue weighted by Gasteiger charge is 2.52. The number of amides is 2. The molecule has 0 bridgehead atoms. The zero-order chi connectivity index (χ0) is 32.6. The zero-order valence-corrected chi connectivity index (χ0v) is 26.5. The number of nitrogens with zero attached hydrogens (tertiary/aromatic N) is 4. The molecule has 4 rings (SSSR count). The second-order valence-electron chi connectivity index (χ2n) is 11.8. The van der Waals surface area contributed by atoms with Crippen molar-refractivity contribution in [1.29, 1.82) is 0 Å². The van der Waals surface area contributed by atoms with Crippen LogP contribution in [0, 0.1) is 5.92 Å². The molecule has 2 heterocycles. The molecule has 0 saturated carbocycles. The Morgan fingerprint density at radius 1 is 1.11 bits per heavy atom. The van der Waals surface area contributed by atoms with E-state index in [2.05, 4.69) is 42.5 Å². The van der Waals surface area contributed by atoms with Gasteiger partial charge in [-0.3, -0.25) is 14.3 Å². The number of aliphatic hydroxyl groups is 2. The lowest BCUT2D eigenvalue weighted by molar-refractivity contribution is -0.139. The van der Waals surface area contributed by atoms with Crippen molar-refractivity contribution < 1.29 is 19.8 Å². The molecule has 3 aromatic rings. The smallest absolute Gasteiger partial charge is 0.264 e. The average Bonchev–Trinajstić information content (AvgIpc) is 3.54. The van der Waals surface area contributed by atoms with Gasteiger partial charge in [-0.15, -0.1) is 5.10 Å². The fourth-order valence-corrected chi connectivity index (χ4v) is 5.30. The fourth-order valence-electron chi connectivity index (χ4n) is 5.30. The number of nitrogen functional groups attached to an aromatic ring is 1. The molecule has 0 fully saturated rings. The van der Waals surface area contributed by atoms with E-state index in [1.165, 1.54) is 5.57 Å². The predicted molar refractivity (Wildman–Crippen MR) is 178 cm³/mol. The van der Waals surface area contributed by atoms with Crippen LogP contribution in [-0.2, 0) is 23.4 Å². The molecule has 0 unspecified atom stereocenters. The van der Waals surface area contributed by atoms with E-state index < -0.39 is 17.4 Å². The van der Waals surface area contributed by atoms with E-state index in [9.17, 15) is 14.7 Å². The second-order valence-corrected chi connectivity index (χ2v) is 11.8. The Hall–Kier alpha value is -4.54. The highest BCUT2D eigenvalue weighted by Crippen LogP contribution is 2.46. The minimum Gasteiger partial charge on any atom is -0.399 e. The van der Waals surface area contributed by atoms with Crippen molar-refractivity contribution >= 4 is 28.9 Å². The highest BCUT2D eigenvalue weighted by molar-refractivity contribution is 6.09. The molecule has 1 aliphatic heterocycles. The molecule has 2 aromatic carbocycles. The fraction of sp³-hybridized carbons (Fsp3) is 0.371. The van der Waals surface area contributed by atoms with E-state index in [-0.39, 0.29) is 12.5 Å². The number of aromatic nitrogens is 3. The van der Waals surface area contributed by atoms with Crippen LogP contribution >= 0.6 is 0 Å². The maximum atomic E-state index is 14.0. The number of rotatable bonds is 14. The molecule has 0 aliphatic carbocycles. The maximum Gasteiger partial charge on any atom is 0.264 e. The number of aliphatic hydroxyl groups excluding tert-OH is 1. The second kappa shape index (κ2) is 15.0. The largest absolute Gasteiger partial charge is 0.399 e. The molecule has 0 saturated heterocycles. The molecular weight excluding hydrogens is 568 g/mol. The summed E-state index contributed by atoms with van der Waals surface area (Å²) < 4.78 is 1.70. The van der Waals surface area contributed by atoms with Crippen molar-refractivity contribution in [2.75, 3.05) is 29.1 Å². The monoisotopic (exact) mass is 612 g/mol. The molecular formula is C35H44N6O4. The quantitative estimate of drug-likeness (QED) is 0.145. The van der Waals surface area contributed by atoms with Crippen LogP contribution in [0.2, 0.25) is 0 Å². The molecule has 1 aromatic heterocycles. The number of carbonyl (C=O) groups is 2. The van der Waals surface area contributed by atoms with Crippen LogP contribution in [0.15, 0.2) is 84.1 Å². The van der Waals surface area contributed by atoms with Gasteiger partial charge in [0, 0.05) is 60.7 Å². The first kappa shape index (κ1) is 33.4. The van der Waals surface area contributed by atoms with E-state index in [0.717, 1.165) is 24.1 Å². The average molecular weight is 613 g/mol. The van der Waals surface area contributed by atoms with Crippen LogP contribution in [0.4, 0.5) is 17.1 Å². The molecule has 0 radical (unpaired) electrons. The Kier molecular flexibility index (Phi) is 11.1. The Morgan fingerprint density at radius 3 is 2.58 bits per heavy atom. The minimum absolute atomic E-state index is 0.0131. The molecule has 2 amide bonds. The first-order valence-electron chi connectivity index (χ1n) is 15.3. The third-order valence-electron chi connectivity index (χ3n) is 7.98. The molecule has 10 nitrogen and oxygen atoms in total. The van der Waals surface area contributed by atoms with Crippen LogP contribution in [0.5, 0.6) is 0 Å². The first-order chi connectivity index (χ1) is 21.5. The van der Waals surface area contributed by atoms with Gasteiger partial charge in [0.05, 0.1) is 11.4 Å². The van der Waals surface area contributed by atoms with E-state index in [1.807, 2.05) is 25.2 Å². The highest BCUT2D eigenvalue weighted by atomic mass is 16.3. The number of nitrogens with one attached hydrogen (secondary N) is 1. The maximum absolute atomic E-state index is 14.0. The van der Waals surface area contributed by atoms with E-state index in [4.69, 9.17) is 10.8 Å². The topological polar surface area (TPSA) is 147 Å². The molecule has 5 N–H and O–H groups in total. The normalized spacial score (nSPS) is 17.1. The van der Waals surface area contributed by atoms with Crippen LogP contribution in [0.3, 0.4) is 0 Å². The van der Waals surface area contributed by atoms with Gasteiger partial charge in [-0.1, -0.05) is 47.6 Å². The Labute approximate surface area is 264 Å². The Morgan fingerprint density at radius 2 is 1.87 bits per heavy atom. The van der Waals surface area contributed by atoms with Gasteiger partial charge in [-0.2, -0.15) is 0 Å². The number of nitrogens with two attached hydrogens (primary N) is 1. The van der Waals surface area contributed by atoms with E-state index in [1.54, 1.807) is 58.2 Å². The SMILES string of the molecule is CC(C)=CCC/C(C)=C/CN1C(=O)[C@](O)([C@H](C)/C=C/CCn2cc(CCO)nn2)c2cc(NC(=O)c3ccc(N)cc3)ccc21. The first-order valence-corrected chi connectivity index (χ1v) is 15.3. The van der Waals surface area contributed by atoms with Crippen molar-refractivity contribution in [2.24, 2.45) is 5.92 Å². The van der Waals surface area contributed by atoms with Crippen molar-refractivity contribution in [1.82, 2.24) is 15.0 Å². The van der Waals surface area contributed by atoms with Crippen LogP contribution in [-0.4, -0.2) is 50.2 Å². The lowest BCUT2D eigenvalue weighted by atomic mass is 9.82. The number of hydrogen-bond acceptors (Lipinski definition) is 7. The molecule has 45 heavy (non-hydrogen) atoms. The van der Waals surface area contributed by atoms with Gasteiger partial charge in [0.1, 0.15) is 0 Å². The van der Waals surface area contributed by atoms with Crippen molar-refractivity contribution in [2.45, 2.75) is 65.5 Å². The summed E-state index contributed by atoms with van der Waals surface area (Å²) in [6.07, 6.45) is 12.7. The van der Waals surface area contributed by atoms with Gasteiger partial charge in [-0.05, 0) is 82.5 Å². The summed E-state index contributed by atoms with van der Waals surface area (Å²) in [7, 11) is 0. The minimum atomic E-state index is -1.83. The summed E-state index contributed by atoms with van der Waals surface area (Å²) >= 11 is 0. The summed E-state index contributed by atoms with van der Waals surface area (Å²) in [4.78, 5) is 28.6. The summed E-state index contributed by atoms with van der Waals surface area (Å²) in [5.41, 5.74) is 9.61. The van der Waals surface area contributed by atoms with E-state index in [0.29, 0.717) is 54.1 Å². The third kappa shape index (κ3) is 8.14. The van der Waals surface area contributed by atoms with Gasteiger partial charge in [0.15, 0.2) is 5.60 Å². The van der Waals surface area contributed by atoms with Crippen molar-refractivity contribution in [3.05, 3.63) is 101 Å². The number of allylic oxidation sites excluding steroid dienone is 4. The lowest BCUT2D eigenvalue weighted by Crippen LogP contribution is -2.44. The predicted octanol–water partition coefficient (Wildman–Crippen LogP) is 5.16. The molecule has 238 valence electrons. The number of anilines is 3. The van der Waals surface area contributed by atoms with E-state index >= 15 is 0 Å². The Balaban J connectivity index is 1.57. The summed E-state index contributed by atoms with van der Waals surface area (Å²) in [5.74, 6) is -1.30. The number of aryl methyl sites for hydroxylation is 1. The van der Waals surface area contributed by atoms with Crippen LogP contribution < -0.4 is 16.0 Å². The third-order valence-corrected chi connectivity index (χ3v) is 7.98. The Bertz CT molecular complexity index is 1590.